The van der Waals surface area contributed by atoms with Crippen molar-refractivity contribution in [2.45, 2.75) is 6.92 Å². The van der Waals surface area contributed by atoms with Crippen molar-refractivity contribution in [1.82, 2.24) is 10.2 Å². The van der Waals surface area contributed by atoms with Gasteiger partial charge in [-0.05, 0) is 18.2 Å². The number of ether oxygens (including phenoxy) is 1. The van der Waals surface area contributed by atoms with Gasteiger partial charge in [0.25, 0.3) is 5.91 Å². The smallest absolute Gasteiger partial charge is 0.335 e. The first kappa shape index (κ1) is 14.8. The predicted molar refractivity (Wildman–Crippen MR) is 71.6 cm³/mol. The van der Waals surface area contributed by atoms with Crippen LogP contribution >= 0.6 is 11.6 Å². The molecule has 0 radical (unpaired) electrons. The summed E-state index contributed by atoms with van der Waals surface area (Å²) in [5.41, 5.74) is 0.0261. The largest absolute Gasteiger partial charge is 0.482 e. The molecule has 0 aliphatic rings. The summed E-state index contributed by atoms with van der Waals surface area (Å²) in [5, 5.41) is 18.4. The quantitative estimate of drug-likeness (QED) is 0.864. The first-order chi connectivity index (χ1) is 9.95. The molecule has 1 aromatic carbocycles. The van der Waals surface area contributed by atoms with E-state index in [-0.39, 0.29) is 29.0 Å². The number of halogens is 1. The second kappa shape index (κ2) is 6.23. The summed E-state index contributed by atoms with van der Waals surface area (Å²) in [4.78, 5) is 22.3. The van der Waals surface area contributed by atoms with Gasteiger partial charge in [0.2, 0.25) is 5.89 Å². The first-order valence-electron chi connectivity index (χ1n) is 5.71. The van der Waals surface area contributed by atoms with Gasteiger partial charge in [-0.25, -0.2) is 4.79 Å². The van der Waals surface area contributed by atoms with E-state index < -0.39 is 11.9 Å². The van der Waals surface area contributed by atoms with Gasteiger partial charge in [0, 0.05) is 6.92 Å². The molecule has 0 spiro atoms. The molecule has 0 atom stereocenters. The molecule has 0 aliphatic heterocycles. The Morgan fingerprint density at radius 3 is 2.76 bits per heavy atom. The summed E-state index contributed by atoms with van der Waals surface area (Å²) in [5.74, 6) is -1.11. The van der Waals surface area contributed by atoms with E-state index in [2.05, 4.69) is 15.5 Å². The Balaban J connectivity index is 1.93. The Morgan fingerprint density at radius 1 is 1.43 bits per heavy atom. The number of carbonyl (C=O) groups excluding carboxylic acids is 1. The maximum atomic E-state index is 11.6. The van der Waals surface area contributed by atoms with Gasteiger partial charge in [-0.2, -0.15) is 0 Å². The first-order valence-corrected chi connectivity index (χ1v) is 6.09. The van der Waals surface area contributed by atoms with E-state index >= 15 is 0 Å². The number of aromatic nitrogens is 2. The zero-order chi connectivity index (χ0) is 15.4. The van der Waals surface area contributed by atoms with Gasteiger partial charge in [-0.1, -0.05) is 16.7 Å². The van der Waals surface area contributed by atoms with Crippen molar-refractivity contribution in [1.29, 1.82) is 0 Å². The van der Waals surface area contributed by atoms with Crippen LogP contribution in [0, 0.1) is 6.92 Å². The number of carbonyl (C=O) groups is 2. The van der Waals surface area contributed by atoms with Crippen LogP contribution in [0.1, 0.15) is 16.2 Å². The molecule has 1 aromatic heterocycles. The van der Waals surface area contributed by atoms with Gasteiger partial charge in [0.1, 0.15) is 5.75 Å². The molecule has 0 fully saturated rings. The molecule has 2 rings (SSSR count). The molecule has 21 heavy (non-hydrogen) atoms. The molecule has 0 saturated carbocycles. The lowest BCUT2D eigenvalue weighted by Gasteiger charge is -2.07. The monoisotopic (exact) mass is 311 g/mol. The van der Waals surface area contributed by atoms with Crippen molar-refractivity contribution in [2.75, 3.05) is 11.9 Å². The maximum Gasteiger partial charge on any atom is 0.335 e. The van der Waals surface area contributed by atoms with E-state index in [4.69, 9.17) is 25.9 Å². The Bertz CT molecular complexity index is 685. The summed E-state index contributed by atoms with van der Waals surface area (Å²) in [7, 11) is 0. The molecule has 9 heteroatoms. The number of anilines is 1. The number of nitrogens with one attached hydrogen (secondary N) is 1. The van der Waals surface area contributed by atoms with Crippen LogP contribution in [0.25, 0.3) is 0 Å². The molecule has 0 bridgehead atoms. The Hall–Kier alpha value is -2.61. The maximum absolute atomic E-state index is 11.6. The molecule has 110 valence electrons. The number of hydrogen-bond acceptors (Lipinski definition) is 6. The third kappa shape index (κ3) is 3.93. The number of rotatable bonds is 5. The van der Waals surface area contributed by atoms with Crippen molar-refractivity contribution in [2.24, 2.45) is 0 Å². The number of aryl methyl sites for hydroxylation is 1. The minimum atomic E-state index is -1.10. The van der Waals surface area contributed by atoms with Gasteiger partial charge in [0.15, 0.2) is 6.61 Å². The van der Waals surface area contributed by atoms with Crippen LogP contribution in [-0.2, 0) is 4.79 Å². The molecule has 2 N–H and O–H groups in total. The highest BCUT2D eigenvalue weighted by Crippen LogP contribution is 2.25. The minimum absolute atomic E-state index is 0.0261. The van der Waals surface area contributed by atoms with E-state index in [1.165, 1.54) is 18.2 Å². The summed E-state index contributed by atoms with van der Waals surface area (Å²) < 4.78 is 10.2. The molecule has 0 saturated heterocycles. The predicted octanol–water partition coefficient (Wildman–Crippen LogP) is 1.75. The van der Waals surface area contributed by atoms with Crippen LogP contribution in [0.5, 0.6) is 5.75 Å². The molecule has 8 nitrogen and oxygen atoms in total. The third-order valence-corrected chi connectivity index (χ3v) is 2.61. The Labute approximate surface area is 123 Å². The number of carboxylic acid groups (broad SMARTS) is 1. The van der Waals surface area contributed by atoms with Crippen LogP contribution in [0.3, 0.4) is 0 Å². The van der Waals surface area contributed by atoms with Gasteiger partial charge < -0.3 is 14.3 Å². The lowest BCUT2D eigenvalue weighted by atomic mass is 10.2. The summed E-state index contributed by atoms with van der Waals surface area (Å²) in [6, 6.07) is 3.89. The summed E-state index contributed by atoms with van der Waals surface area (Å²) in [6.45, 7) is 1.25. The number of amides is 1. The van der Waals surface area contributed by atoms with Crippen molar-refractivity contribution in [3.8, 4) is 5.75 Å². The number of benzene rings is 1. The van der Waals surface area contributed by atoms with Gasteiger partial charge >= 0.3 is 12.0 Å². The van der Waals surface area contributed by atoms with E-state index in [1.807, 2.05) is 0 Å². The Kier molecular flexibility index (Phi) is 4.39. The lowest BCUT2D eigenvalue weighted by Crippen LogP contribution is -2.20. The zero-order valence-electron chi connectivity index (χ0n) is 10.8. The Morgan fingerprint density at radius 2 is 2.19 bits per heavy atom. The third-order valence-electron chi connectivity index (χ3n) is 2.31. The second-order valence-electron chi connectivity index (χ2n) is 3.91. The number of aromatic carboxylic acids is 1. The highest BCUT2D eigenvalue weighted by atomic mass is 35.5. The highest BCUT2D eigenvalue weighted by Gasteiger charge is 2.11. The zero-order valence-corrected chi connectivity index (χ0v) is 11.5. The second-order valence-corrected chi connectivity index (χ2v) is 4.32. The SMILES string of the molecule is Cc1nnc(NC(=O)COc2ccc(C(=O)O)cc2Cl)o1. The molecular weight excluding hydrogens is 302 g/mol. The molecule has 0 aliphatic carbocycles. The van der Waals surface area contributed by atoms with Crippen LogP contribution in [0.2, 0.25) is 5.02 Å². The average molecular weight is 312 g/mol. The van der Waals surface area contributed by atoms with E-state index in [0.29, 0.717) is 5.89 Å². The van der Waals surface area contributed by atoms with Gasteiger partial charge in [0.05, 0.1) is 10.6 Å². The topological polar surface area (TPSA) is 115 Å². The van der Waals surface area contributed by atoms with Crippen molar-refractivity contribution < 1.29 is 23.8 Å². The standard InChI is InChI=1S/C12H10ClN3O5/c1-6-15-16-12(21-6)14-10(17)5-20-9-3-2-7(11(18)19)4-8(9)13/h2-4H,5H2,1H3,(H,18,19)(H,14,16,17). The van der Waals surface area contributed by atoms with Crippen LogP contribution in [0.4, 0.5) is 6.01 Å². The van der Waals surface area contributed by atoms with Crippen LogP contribution in [0.15, 0.2) is 22.6 Å². The highest BCUT2D eigenvalue weighted by molar-refractivity contribution is 6.32. The van der Waals surface area contributed by atoms with Crippen molar-refractivity contribution in [3.63, 3.8) is 0 Å². The molecule has 2 aromatic rings. The number of carboxylic acids is 1. The normalized spacial score (nSPS) is 10.2. The molecular formula is C12H10ClN3O5. The average Bonchev–Trinajstić information content (AvgIpc) is 2.82. The fourth-order valence-electron chi connectivity index (χ4n) is 1.40. The fraction of sp³-hybridized carbons (Fsp3) is 0.167. The summed E-state index contributed by atoms with van der Waals surface area (Å²) >= 11 is 5.86. The summed E-state index contributed by atoms with van der Waals surface area (Å²) in [6.07, 6.45) is 0. The van der Waals surface area contributed by atoms with E-state index in [0.717, 1.165) is 0 Å². The molecule has 1 heterocycles. The van der Waals surface area contributed by atoms with E-state index in [1.54, 1.807) is 6.92 Å². The minimum Gasteiger partial charge on any atom is -0.482 e. The van der Waals surface area contributed by atoms with Crippen molar-refractivity contribution >= 4 is 29.5 Å². The number of hydrogen-bond donors (Lipinski definition) is 2. The fourth-order valence-corrected chi connectivity index (χ4v) is 1.63. The van der Waals surface area contributed by atoms with Gasteiger partial charge in [-0.3, -0.25) is 10.1 Å². The molecule has 0 unspecified atom stereocenters. The number of nitrogens with zero attached hydrogens (tertiary/aromatic N) is 2. The van der Waals surface area contributed by atoms with Crippen LogP contribution in [-0.4, -0.2) is 33.8 Å². The van der Waals surface area contributed by atoms with Crippen molar-refractivity contribution in [3.05, 3.63) is 34.7 Å². The lowest BCUT2D eigenvalue weighted by molar-refractivity contribution is -0.118. The van der Waals surface area contributed by atoms with E-state index in [9.17, 15) is 9.59 Å². The van der Waals surface area contributed by atoms with Crippen LogP contribution < -0.4 is 10.1 Å². The molecule has 1 amide bonds. The van der Waals surface area contributed by atoms with Gasteiger partial charge in [-0.15, -0.1) is 5.10 Å².